The molecule has 0 radical (unpaired) electrons. The number of ketones is 2. The molecule has 316 valence electrons. The normalized spacial score (nSPS) is 8.47. The number of hydrogen-bond acceptors (Lipinski definition) is 2. The minimum Gasteiger partial charge on any atom is -0.300 e. The van der Waals surface area contributed by atoms with E-state index in [1.807, 2.05) is 27.7 Å². The lowest BCUT2D eigenvalue weighted by molar-refractivity contribution is -0.115. The van der Waals surface area contributed by atoms with E-state index in [0.29, 0.717) is 0 Å². The summed E-state index contributed by atoms with van der Waals surface area (Å²) in [6.45, 7) is 22.6. The highest BCUT2D eigenvalue weighted by Gasteiger charge is 1.88. The highest BCUT2D eigenvalue weighted by molar-refractivity contribution is 5.84. The lowest BCUT2D eigenvalue weighted by Gasteiger charge is -1.92. The highest BCUT2D eigenvalue weighted by Crippen LogP contribution is 2.13. The summed E-state index contributed by atoms with van der Waals surface area (Å²) in [7, 11) is 0. The van der Waals surface area contributed by atoms with Gasteiger partial charge in [0.25, 0.3) is 0 Å². The first kappa shape index (κ1) is 57.5. The van der Waals surface area contributed by atoms with E-state index in [-0.39, 0.29) is 19.0 Å². The summed E-state index contributed by atoms with van der Waals surface area (Å²) in [5, 5.41) is 10.5. The zero-order chi connectivity index (χ0) is 43.8. The number of hydrogen-bond donors (Lipinski definition) is 0. The second-order valence-electron chi connectivity index (χ2n) is 12.6. The fourth-order valence-corrected chi connectivity index (χ4v) is 4.53. The first-order valence-corrected chi connectivity index (χ1v) is 20.9. The highest BCUT2D eigenvalue weighted by atomic mass is 16.1. The van der Waals surface area contributed by atoms with E-state index < -0.39 is 0 Å². The predicted molar refractivity (Wildman–Crippen MR) is 270 cm³/mol. The second kappa shape index (κ2) is 40.3. The predicted octanol–water partition coefficient (Wildman–Crippen LogP) is 18.1. The third-order valence-corrected chi connectivity index (χ3v) is 6.63. The Labute approximate surface area is 360 Å². The molecule has 0 unspecified atom stereocenters. The van der Waals surface area contributed by atoms with Gasteiger partial charge >= 0.3 is 0 Å². The van der Waals surface area contributed by atoms with Gasteiger partial charge in [-0.2, -0.15) is 0 Å². The Balaban J connectivity index is -0.000000624. The van der Waals surface area contributed by atoms with Gasteiger partial charge in [0.2, 0.25) is 0 Å². The van der Waals surface area contributed by atoms with Crippen LogP contribution in [0.3, 0.4) is 0 Å². The average molecular weight is 793 g/mol. The Kier molecular flexibility index (Phi) is 39.3. The molecule has 0 aliphatic heterocycles. The Hall–Kier alpha value is -5.86. The van der Waals surface area contributed by atoms with Gasteiger partial charge in [-0.05, 0) is 70.8 Å². The average Bonchev–Trinajstić information content (AvgIpc) is 3.26. The molecule has 0 fully saturated rings. The molecule has 0 N–H and O–H groups in total. The molecular weight excluding hydrogens is 717 g/mol. The van der Waals surface area contributed by atoms with E-state index in [4.69, 9.17) is 0 Å². The molecule has 0 aliphatic rings. The number of fused-ring (bicyclic) bond motifs is 4. The molecule has 0 saturated heterocycles. The maximum Gasteiger partial charge on any atom is 0.126 e. The van der Waals surface area contributed by atoms with E-state index in [1.54, 1.807) is 0 Å². The first-order valence-electron chi connectivity index (χ1n) is 20.9. The topological polar surface area (TPSA) is 34.1 Å². The van der Waals surface area contributed by atoms with Crippen LogP contribution in [-0.4, -0.2) is 11.6 Å². The minimum absolute atomic E-state index is 0. The van der Waals surface area contributed by atoms with E-state index in [2.05, 4.69) is 222 Å². The molecular formula is C57H76O2. The Morgan fingerprint density at radius 2 is 0.322 bits per heavy atom. The molecule has 8 aromatic carbocycles. The van der Waals surface area contributed by atoms with E-state index in [0.717, 1.165) is 0 Å². The zero-order valence-corrected chi connectivity index (χ0v) is 37.7. The van der Waals surface area contributed by atoms with Crippen molar-refractivity contribution < 1.29 is 9.59 Å². The van der Waals surface area contributed by atoms with Crippen molar-refractivity contribution in [1.82, 2.24) is 0 Å². The second-order valence-corrected chi connectivity index (χ2v) is 12.6. The molecule has 0 amide bonds. The zero-order valence-electron chi connectivity index (χ0n) is 37.7. The van der Waals surface area contributed by atoms with Crippen LogP contribution < -0.4 is 0 Å². The summed E-state index contributed by atoms with van der Waals surface area (Å²) in [6, 6.07) is 66.9. The molecule has 0 aliphatic carbocycles. The van der Waals surface area contributed by atoms with Crippen molar-refractivity contribution in [3.05, 3.63) is 194 Å². The van der Waals surface area contributed by atoms with Crippen LogP contribution >= 0.6 is 0 Å². The van der Waals surface area contributed by atoms with E-state index >= 15 is 0 Å². The molecule has 0 atom stereocenters. The van der Waals surface area contributed by atoms with Crippen LogP contribution in [0.1, 0.15) is 103 Å². The van der Waals surface area contributed by atoms with Crippen LogP contribution in [0.4, 0.5) is 0 Å². The van der Waals surface area contributed by atoms with Crippen LogP contribution in [0.25, 0.3) is 43.1 Å². The van der Waals surface area contributed by atoms with Crippen molar-refractivity contribution in [2.75, 3.05) is 0 Å². The molecule has 0 aromatic heterocycles. The molecule has 2 nitrogen and oxygen atoms in total. The standard InChI is InChI=1S/4C10H8.2C3H6O.2C3H8.2C2H6.CH4/c4*1-2-6-10-8-4-3-7-9(10)5-1;2*1-3(2)4;2*1-3-2;2*1-2;/h4*1-8H;2*1-2H3;2*3H2,1-2H3;2*1-2H3;1H4. The van der Waals surface area contributed by atoms with Crippen molar-refractivity contribution in [2.45, 2.75) is 103 Å². The lowest BCUT2D eigenvalue weighted by Crippen LogP contribution is -1.69. The van der Waals surface area contributed by atoms with E-state index in [9.17, 15) is 9.59 Å². The molecule has 8 rings (SSSR count). The van der Waals surface area contributed by atoms with Crippen molar-refractivity contribution >= 4 is 54.7 Å². The quantitative estimate of drug-likeness (QED) is 0.153. The first-order chi connectivity index (χ1) is 28.2. The van der Waals surface area contributed by atoms with Crippen molar-refractivity contribution in [1.29, 1.82) is 0 Å². The Morgan fingerprint density at radius 1 is 0.271 bits per heavy atom. The molecule has 2 heteroatoms. The monoisotopic (exact) mass is 793 g/mol. The number of carbonyl (C=O) groups excluding carboxylic acids is 2. The van der Waals surface area contributed by atoms with Gasteiger partial charge in [0.05, 0.1) is 0 Å². The van der Waals surface area contributed by atoms with Crippen LogP contribution in [0.15, 0.2) is 194 Å². The summed E-state index contributed by atoms with van der Waals surface area (Å²) in [4.78, 5) is 18.9. The number of benzene rings is 8. The Morgan fingerprint density at radius 3 is 0.373 bits per heavy atom. The minimum atomic E-state index is 0. The van der Waals surface area contributed by atoms with E-state index in [1.165, 1.54) is 83.6 Å². The molecule has 0 bridgehead atoms. The largest absolute Gasteiger partial charge is 0.300 e. The molecule has 0 spiro atoms. The smallest absolute Gasteiger partial charge is 0.126 e. The van der Waals surface area contributed by atoms with Crippen molar-refractivity contribution in [2.24, 2.45) is 0 Å². The third-order valence-electron chi connectivity index (χ3n) is 6.63. The van der Waals surface area contributed by atoms with Gasteiger partial charge in [-0.1, -0.05) is 270 Å². The SMILES string of the molecule is C.CC.CC.CC(C)=O.CC(C)=O.CCC.CCC.c1ccc2ccccc2c1.c1ccc2ccccc2c1.c1ccc2ccccc2c1.c1ccc2ccccc2c1. The van der Waals surface area contributed by atoms with Crippen LogP contribution in [0, 0.1) is 0 Å². The molecule has 59 heavy (non-hydrogen) atoms. The van der Waals surface area contributed by atoms with Gasteiger partial charge in [-0.3, -0.25) is 0 Å². The molecule has 8 aromatic rings. The summed E-state index contributed by atoms with van der Waals surface area (Å²) in [5.41, 5.74) is 0. The van der Waals surface area contributed by atoms with Crippen molar-refractivity contribution in [3.8, 4) is 0 Å². The van der Waals surface area contributed by atoms with Crippen LogP contribution in [-0.2, 0) is 9.59 Å². The van der Waals surface area contributed by atoms with Crippen molar-refractivity contribution in [3.63, 3.8) is 0 Å². The Bertz CT molecular complexity index is 1590. The fourth-order valence-electron chi connectivity index (χ4n) is 4.53. The third kappa shape index (κ3) is 30.0. The summed E-state index contributed by atoms with van der Waals surface area (Å²) in [5.74, 6) is 0.333. The van der Waals surface area contributed by atoms with Crippen LogP contribution in [0.5, 0.6) is 0 Å². The number of rotatable bonds is 0. The van der Waals surface area contributed by atoms with Gasteiger partial charge in [-0.15, -0.1) is 0 Å². The summed E-state index contributed by atoms with van der Waals surface area (Å²) >= 11 is 0. The van der Waals surface area contributed by atoms with Gasteiger partial charge in [-0.25, -0.2) is 0 Å². The summed E-state index contributed by atoms with van der Waals surface area (Å²) < 4.78 is 0. The molecule has 0 heterocycles. The van der Waals surface area contributed by atoms with Gasteiger partial charge in [0, 0.05) is 0 Å². The number of Topliss-reactive ketones (excluding diaryl/α,β-unsaturated/α-hetero) is 2. The van der Waals surface area contributed by atoms with Gasteiger partial charge in [0.1, 0.15) is 11.6 Å². The van der Waals surface area contributed by atoms with Gasteiger partial charge in [0.15, 0.2) is 0 Å². The molecule has 0 saturated carbocycles. The fraction of sp³-hybridized carbons (Fsp3) is 0.263. The maximum atomic E-state index is 9.44. The van der Waals surface area contributed by atoms with Gasteiger partial charge < -0.3 is 9.59 Å². The summed E-state index contributed by atoms with van der Waals surface area (Å²) in [6.07, 6.45) is 2.50. The number of carbonyl (C=O) groups is 2. The maximum absolute atomic E-state index is 9.44. The van der Waals surface area contributed by atoms with Crippen LogP contribution in [0.2, 0.25) is 0 Å². The lowest BCUT2D eigenvalue weighted by atomic mass is 10.1.